The molecule has 1 radical (unpaired) electrons. The summed E-state index contributed by atoms with van der Waals surface area (Å²) in [6.45, 7) is 8.37. The molecule has 0 bridgehead atoms. The van der Waals surface area contributed by atoms with E-state index < -0.39 is 0 Å². The molecule has 85 valence electrons. The van der Waals surface area contributed by atoms with Crippen LogP contribution in [0.15, 0.2) is 12.2 Å². The molecule has 0 saturated carbocycles. The maximum atomic E-state index is 4.78. The summed E-state index contributed by atoms with van der Waals surface area (Å²) in [5, 5.41) is 3.06. The Hall–Kier alpha value is 0.00390. The number of hydrogen-bond donors (Lipinski definition) is 1. The Balaban J connectivity index is 0.000000267. The molecule has 0 aromatic carbocycles. The monoisotopic (exact) mass is 295 g/mol. The molecule has 2 heterocycles. The van der Waals surface area contributed by atoms with Crippen LogP contribution in [0, 0.1) is 36.6 Å². The molecular weight excluding hydrogens is 275 g/mol. The van der Waals surface area contributed by atoms with E-state index in [4.69, 9.17) is 4.74 Å². The smallest absolute Gasteiger partial charge is 0.301 e. The van der Waals surface area contributed by atoms with Gasteiger partial charge in [-0.3, -0.25) is 6.42 Å². The molecular formula is C13H20NOY+. The number of rotatable bonds is 0. The van der Waals surface area contributed by atoms with Crippen LogP contribution < -0.4 is 5.32 Å². The summed E-state index contributed by atoms with van der Waals surface area (Å²) in [5.41, 5.74) is 0. The van der Waals surface area contributed by atoms with Gasteiger partial charge in [0, 0.05) is 45.2 Å². The molecule has 1 N–H and O–H groups in total. The van der Waals surface area contributed by atoms with Crippen LogP contribution in [0.3, 0.4) is 0 Å². The van der Waals surface area contributed by atoms with Crippen molar-refractivity contribution >= 4 is 0 Å². The van der Waals surface area contributed by atoms with Crippen molar-refractivity contribution in [1.29, 1.82) is 0 Å². The Morgan fingerprint density at radius 2 is 2.06 bits per heavy atom. The average molecular weight is 295 g/mol. The van der Waals surface area contributed by atoms with E-state index in [0.717, 1.165) is 19.1 Å². The zero-order valence-electron chi connectivity index (χ0n) is 10.4. The van der Waals surface area contributed by atoms with Crippen molar-refractivity contribution in [3.05, 3.63) is 31.0 Å². The summed E-state index contributed by atoms with van der Waals surface area (Å²) >= 11 is 0. The van der Waals surface area contributed by atoms with Gasteiger partial charge in [0.05, 0.1) is 6.54 Å². The molecule has 2 rings (SSSR count). The topological polar surface area (TPSA) is 21.3 Å². The van der Waals surface area contributed by atoms with Gasteiger partial charge in [-0.1, -0.05) is 26.7 Å². The molecule has 0 spiro atoms. The van der Waals surface area contributed by atoms with Crippen molar-refractivity contribution in [3.8, 4) is 0 Å². The van der Waals surface area contributed by atoms with E-state index in [2.05, 4.69) is 51.0 Å². The zero-order valence-corrected chi connectivity index (χ0v) is 13.2. The fraction of sp³-hybridized carbons (Fsp3) is 0.615. The second kappa shape index (κ2) is 9.08. The van der Waals surface area contributed by atoms with Crippen molar-refractivity contribution in [1.82, 2.24) is 5.32 Å². The van der Waals surface area contributed by atoms with E-state index in [1.807, 2.05) is 6.08 Å². The quantitative estimate of drug-likeness (QED) is 0.693. The van der Waals surface area contributed by atoms with E-state index in [0.29, 0.717) is 11.8 Å². The molecule has 16 heavy (non-hydrogen) atoms. The maximum absolute atomic E-state index is 4.78. The third kappa shape index (κ3) is 6.56. The molecule has 0 saturated heterocycles. The van der Waals surface area contributed by atoms with E-state index in [1.54, 1.807) is 0 Å². The second-order valence-electron chi connectivity index (χ2n) is 4.22. The summed E-state index contributed by atoms with van der Waals surface area (Å²) in [7, 11) is 0. The summed E-state index contributed by atoms with van der Waals surface area (Å²) in [6.07, 6.45) is 11.8. The Morgan fingerprint density at radius 3 is 2.38 bits per heavy atom. The number of hydrogen-bond acceptors (Lipinski definition) is 2. The molecule has 0 amide bonds. The Kier molecular flexibility index (Phi) is 9.08. The zero-order chi connectivity index (χ0) is 11.1. The molecule has 0 aromatic heterocycles. The molecule has 3 atom stereocenters. The van der Waals surface area contributed by atoms with Gasteiger partial charge in [0.1, 0.15) is 0 Å². The maximum Gasteiger partial charge on any atom is 0.474 e. The second-order valence-corrected chi connectivity index (χ2v) is 4.22. The minimum Gasteiger partial charge on any atom is -0.301 e. The van der Waals surface area contributed by atoms with Gasteiger partial charge < -0.3 is 4.74 Å². The first-order valence-electron chi connectivity index (χ1n) is 5.56. The molecule has 0 aromatic rings. The standard InChI is InChI=1S/C7H12N.C6H8O.Y/c1-6-3-4-8-5-7(6)2;1-6-2-4-7-5-3-6;/h3,6-8H,5H2,1-2H3;2-3,6H,4H2,1H3;/q+1;;. The summed E-state index contributed by atoms with van der Waals surface area (Å²) in [5.74, 6) is 2.03. The van der Waals surface area contributed by atoms with Crippen LogP contribution in [0.4, 0.5) is 0 Å². The predicted octanol–water partition coefficient (Wildman–Crippen LogP) is 2.35. The van der Waals surface area contributed by atoms with Crippen molar-refractivity contribution in [2.24, 2.45) is 17.8 Å². The van der Waals surface area contributed by atoms with Crippen LogP contribution in [-0.2, 0) is 37.4 Å². The molecule has 0 fully saturated rings. The van der Waals surface area contributed by atoms with Crippen LogP contribution in [0.1, 0.15) is 20.8 Å². The largest absolute Gasteiger partial charge is 0.474 e. The molecule has 2 nitrogen and oxygen atoms in total. The predicted molar refractivity (Wildman–Crippen MR) is 61.4 cm³/mol. The minimum atomic E-state index is 0. The van der Waals surface area contributed by atoms with Crippen molar-refractivity contribution < 1.29 is 37.4 Å². The normalized spacial score (nSPS) is 30.3. The Bertz CT molecular complexity index is 228. The van der Waals surface area contributed by atoms with Crippen LogP contribution in [0.25, 0.3) is 0 Å². The fourth-order valence-corrected chi connectivity index (χ4v) is 1.23. The van der Waals surface area contributed by atoms with Gasteiger partial charge in [-0.2, -0.15) is 5.32 Å². The number of ether oxygens (including phenoxy) is 1. The van der Waals surface area contributed by atoms with E-state index in [1.165, 1.54) is 0 Å². The summed E-state index contributed by atoms with van der Waals surface area (Å²) < 4.78 is 4.78. The average Bonchev–Trinajstić information content (AvgIpc) is 2.25. The van der Waals surface area contributed by atoms with Gasteiger partial charge in [0.2, 0.25) is 0 Å². The Labute approximate surface area is 125 Å². The van der Waals surface area contributed by atoms with E-state index in [-0.39, 0.29) is 32.7 Å². The van der Waals surface area contributed by atoms with Crippen LogP contribution in [0.2, 0.25) is 0 Å². The first-order chi connectivity index (χ1) is 7.20. The minimum absolute atomic E-state index is 0. The van der Waals surface area contributed by atoms with Crippen molar-refractivity contribution in [3.63, 3.8) is 0 Å². The molecule has 0 aliphatic carbocycles. The molecule has 3 heteroatoms. The fourth-order valence-electron chi connectivity index (χ4n) is 1.23. The van der Waals surface area contributed by atoms with Gasteiger partial charge in [-0.25, -0.2) is 0 Å². The van der Waals surface area contributed by atoms with Crippen LogP contribution >= 0.6 is 0 Å². The number of nitrogens with one attached hydrogen (secondary N) is 1. The van der Waals surface area contributed by atoms with Gasteiger partial charge >= 0.3 is 12.5 Å². The first kappa shape index (κ1) is 16.0. The van der Waals surface area contributed by atoms with E-state index in [9.17, 15) is 0 Å². The van der Waals surface area contributed by atoms with Gasteiger partial charge in [-0.15, -0.1) is 0 Å². The Morgan fingerprint density at radius 1 is 1.31 bits per heavy atom. The number of allylic oxidation sites excluding steroid dienone is 2. The van der Waals surface area contributed by atoms with Crippen LogP contribution in [0.5, 0.6) is 0 Å². The third-order valence-electron chi connectivity index (χ3n) is 2.74. The van der Waals surface area contributed by atoms with Crippen molar-refractivity contribution in [2.75, 3.05) is 13.2 Å². The molecule has 2 aliphatic rings. The molecule has 2 aliphatic heterocycles. The van der Waals surface area contributed by atoms with Gasteiger partial charge in [-0.05, 0) is 5.92 Å². The SMILES string of the molecule is CC1C=[C+]NCC1C.CC1C=[C+]OC[CH-]1.[Y]. The van der Waals surface area contributed by atoms with Gasteiger partial charge in [0.25, 0.3) is 0 Å². The van der Waals surface area contributed by atoms with Crippen LogP contribution in [-0.4, -0.2) is 13.2 Å². The third-order valence-corrected chi connectivity index (χ3v) is 2.74. The van der Waals surface area contributed by atoms with E-state index >= 15 is 0 Å². The van der Waals surface area contributed by atoms with Crippen molar-refractivity contribution in [2.45, 2.75) is 20.8 Å². The summed E-state index contributed by atoms with van der Waals surface area (Å²) in [6, 6.07) is 0. The van der Waals surface area contributed by atoms with Gasteiger partial charge in [0.15, 0.2) is 12.2 Å². The first-order valence-corrected chi connectivity index (χ1v) is 5.56. The summed E-state index contributed by atoms with van der Waals surface area (Å²) in [4.78, 5) is 0. The molecule has 3 unspecified atom stereocenters.